The van der Waals surface area contributed by atoms with Gasteiger partial charge in [-0.1, -0.05) is 33.1 Å². The molecule has 1 nitrogen and oxygen atoms in total. The van der Waals surface area contributed by atoms with E-state index in [-0.39, 0.29) is 0 Å². The molecule has 1 rings (SSSR count). The Bertz CT molecular complexity index is 151. The van der Waals surface area contributed by atoms with Crippen molar-refractivity contribution in [2.24, 2.45) is 11.8 Å². The van der Waals surface area contributed by atoms with E-state index in [9.17, 15) is 4.79 Å². The van der Waals surface area contributed by atoms with E-state index in [1.165, 1.54) is 25.7 Å². The fourth-order valence-electron chi connectivity index (χ4n) is 2.24. The molecule has 0 aromatic carbocycles. The summed E-state index contributed by atoms with van der Waals surface area (Å²) in [4.78, 5) is 11.2. The lowest BCUT2D eigenvalue weighted by atomic mass is 9.79. The highest BCUT2D eigenvalue weighted by molar-refractivity contribution is 5.79. The first-order chi connectivity index (χ1) is 5.72. The van der Waals surface area contributed by atoms with Crippen LogP contribution in [0.4, 0.5) is 0 Å². The molecule has 1 heteroatoms. The van der Waals surface area contributed by atoms with Crippen molar-refractivity contribution < 1.29 is 4.79 Å². The molecule has 0 heterocycles. The third kappa shape index (κ3) is 2.96. The summed E-state index contributed by atoms with van der Waals surface area (Å²) in [6.45, 7) is 4.42. The highest BCUT2D eigenvalue weighted by Gasteiger charge is 2.23. The quantitative estimate of drug-likeness (QED) is 0.632. The first kappa shape index (κ1) is 9.76. The lowest BCUT2D eigenvalue weighted by Crippen LogP contribution is -2.20. The summed E-state index contributed by atoms with van der Waals surface area (Å²) in [6, 6.07) is 0. The van der Waals surface area contributed by atoms with Crippen LogP contribution in [0.25, 0.3) is 0 Å². The molecular weight excluding hydrogens is 148 g/mol. The van der Waals surface area contributed by atoms with Gasteiger partial charge in [0.25, 0.3) is 0 Å². The summed E-state index contributed by atoms with van der Waals surface area (Å²) in [5.41, 5.74) is 0. The number of ketones is 1. The number of hydrogen-bond donors (Lipinski definition) is 0. The van der Waals surface area contributed by atoms with Crippen molar-refractivity contribution >= 4 is 5.78 Å². The maximum absolute atomic E-state index is 11.2. The summed E-state index contributed by atoms with van der Waals surface area (Å²) in [7, 11) is 0. The number of rotatable bonds is 3. The van der Waals surface area contributed by atoms with E-state index in [4.69, 9.17) is 0 Å². The van der Waals surface area contributed by atoms with Gasteiger partial charge in [-0.3, -0.25) is 4.79 Å². The highest BCUT2D eigenvalue weighted by Crippen LogP contribution is 2.29. The summed E-state index contributed by atoms with van der Waals surface area (Å²) in [5, 5.41) is 0. The van der Waals surface area contributed by atoms with Crippen molar-refractivity contribution in [1.29, 1.82) is 0 Å². The molecule has 1 fully saturated rings. The first-order valence-corrected chi connectivity index (χ1v) is 5.24. The molecule has 1 saturated carbocycles. The van der Waals surface area contributed by atoms with E-state index in [0.717, 1.165) is 12.8 Å². The molecule has 0 N–H and O–H groups in total. The summed E-state index contributed by atoms with van der Waals surface area (Å²) >= 11 is 0. The van der Waals surface area contributed by atoms with Gasteiger partial charge in [0.05, 0.1) is 0 Å². The smallest absolute Gasteiger partial charge is 0.133 e. The van der Waals surface area contributed by atoms with E-state index in [1.807, 2.05) is 0 Å². The van der Waals surface area contributed by atoms with Crippen molar-refractivity contribution in [2.45, 2.75) is 52.4 Å². The van der Waals surface area contributed by atoms with Crippen molar-refractivity contribution in [3.8, 4) is 0 Å². The molecule has 0 bridgehead atoms. The average molecular weight is 168 g/mol. The molecule has 70 valence electrons. The highest BCUT2D eigenvalue weighted by atomic mass is 16.1. The molecule has 1 aliphatic rings. The Morgan fingerprint density at radius 3 is 2.75 bits per heavy atom. The molecule has 0 saturated heterocycles. The molecule has 0 radical (unpaired) electrons. The van der Waals surface area contributed by atoms with E-state index < -0.39 is 0 Å². The lowest BCUT2D eigenvalue weighted by Gasteiger charge is -2.25. The van der Waals surface area contributed by atoms with Crippen LogP contribution in [-0.4, -0.2) is 5.78 Å². The summed E-state index contributed by atoms with van der Waals surface area (Å²) < 4.78 is 0. The molecule has 0 aromatic rings. The van der Waals surface area contributed by atoms with Crippen molar-refractivity contribution in [2.75, 3.05) is 0 Å². The normalized spacial score (nSPS) is 30.7. The Hall–Kier alpha value is -0.330. The van der Waals surface area contributed by atoms with Gasteiger partial charge in [0.2, 0.25) is 0 Å². The van der Waals surface area contributed by atoms with Gasteiger partial charge in [-0.15, -0.1) is 0 Å². The second-order valence-corrected chi connectivity index (χ2v) is 4.30. The minimum Gasteiger partial charge on any atom is -0.300 e. The van der Waals surface area contributed by atoms with Crippen molar-refractivity contribution in [3.05, 3.63) is 0 Å². The number of unbranched alkanes of at least 4 members (excludes halogenated alkanes) is 1. The standard InChI is InChI=1S/C11H20O/c1-3-4-5-10-6-9(2)7-11(12)8-10/h9-10H,3-8H2,1-2H3/t9-,10?/m0/s1. The zero-order valence-electron chi connectivity index (χ0n) is 8.31. The molecule has 12 heavy (non-hydrogen) atoms. The Balaban J connectivity index is 2.29. The van der Waals surface area contributed by atoms with Crippen LogP contribution >= 0.6 is 0 Å². The van der Waals surface area contributed by atoms with Crippen LogP contribution in [0.1, 0.15) is 52.4 Å². The monoisotopic (exact) mass is 168 g/mol. The van der Waals surface area contributed by atoms with Crippen LogP contribution in [0, 0.1) is 11.8 Å². The second kappa shape index (κ2) is 4.64. The van der Waals surface area contributed by atoms with Crippen LogP contribution in [0.3, 0.4) is 0 Å². The topological polar surface area (TPSA) is 17.1 Å². The largest absolute Gasteiger partial charge is 0.300 e. The van der Waals surface area contributed by atoms with Crippen LogP contribution in [0.2, 0.25) is 0 Å². The number of carbonyl (C=O) groups is 1. The molecule has 0 aromatic heterocycles. The predicted molar refractivity (Wildman–Crippen MR) is 51.0 cm³/mol. The number of Topliss-reactive ketones (excluding diaryl/α,β-unsaturated/α-hetero) is 1. The Morgan fingerprint density at radius 2 is 2.17 bits per heavy atom. The third-order valence-corrected chi connectivity index (χ3v) is 2.79. The molecule has 1 unspecified atom stereocenters. The van der Waals surface area contributed by atoms with Crippen LogP contribution in [-0.2, 0) is 4.79 Å². The first-order valence-electron chi connectivity index (χ1n) is 5.24. The van der Waals surface area contributed by atoms with Gasteiger partial charge in [0.1, 0.15) is 5.78 Å². The van der Waals surface area contributed by atoms with Gasteiger partial charge in [-0.05, 0) is 18.3 Å². The predicted octanol–water partition coefficient (Wildman–Crippen LogP) is 3.18. The van der Waals surface area contributed by atoms with Crippen molar-refractivity contribution in [3.63, 3.8) is 0 Å². The Labute approximate surface area is 75.5 Å². The minimum atomic E-state index is 0.495. The van der Waals surface area contributed by atoms with E-state index >= 15 is 0 Å². The second-order valence-electron chi connectivity index (χ2n) is 4.30. The number of hydrogen-bond acceptors (Lipinski definition) is 1. The average Bonchev–Trinajstić information content (AvgIpc) is 1.99. The summed E-state index contributed by atoms with van der Waals surface area (Å²) in [5.74, 6) is 1.85. The Kier molecular flexibility index (Phi) is 3.77. The van der Waals surface area contributed by atoms with Gasteiger partial charge >= 0.3 is 0 Å². The van der Waals surface area contributed by atoms with Gasteiger partial charge in [0.15, 0.2) is 0 Å². The molecule has 0 amide bonds. The van der Waals surface area contributed by atoms with Crippen molar-refractivity contribution in [1.82, 2.24) is 0 Å². The molecule has 0 spiro atoms. The van der Waals surface area contributed by atoms with Gasteiger partial charge in [0, 0.05) is 12.8 Å². The fourth-order valence-corrected chi connectivity index (χ4v) is 2.24. The SMILES string of the molecule is CCCCC1CC(=O)C[C@@H](C)C1. The number of carbonyl (C=O) groups excluding carboxylic acids is 1. The zero-order valence-corrected chi connectivity index (χ0v) is 8.31. The molecule has 2 atom stereocenters. The third-order valence-electron chi connectivity index (χ3n) is 2.79. The maximum Gasteiger partial charge on any atom is 0.133 e. The molecule has 1 aliphatic carbocycles. The van der Waals surface area contributed by atoms with Crippen LogP contribution in [0.5, 0.6) is 0 Å². The van der Waals surface area contributed by atoms with Crippen LogP contribution in [0.15, 0.2) is 0 Å². The van der Waals surface area contributed by atoms with E-state index in [2.05, 4.69) is 13.8 Å². The lowest BCUT2D eigenvalue weighted by molar-refractivity contribution is -0.122. The van der Waals surface area contributed by atoms with Gasteiger partial charge in [-0.25, -0.2) is 0 Å². The van der Waals surface area contributed by atoms with Gasteiger partial charge < -0.3 is 0 Å². The Morgan fingerprint density at radius 1 is 1.42 bits per heavy atom. The maximum atomic E-state index is 11.2. The van der Waals surface area contributed by atoms with Gasteiger partial charge in [-0.2, -0.15) is 0 Å². The summed E-state index contributed by atoms with van der Waals surface area (Å²) in [6.07, 6.45) is 6.81. The minimum absolute atomic E-state index is 0.495. The van der Waals surface area contributed by atoms with E-state index in [1.54, 1.807) is 0 Å². The van der Waals surface area contributed by atoms with E-state index in [0.29, 0.717) is 17.6 Å². The molecular formula is C11H20O. The zero-order chi connectivity index (χ0) is 8.97. The fraction of sp³-hybridized carbons (Fsp3) is 0.909. The van der Waals surface area contributed by atoms with Crippen LogP contribution < -0.4 is 0 Å². The molecule has 0 aliphatic heterocycles.